The van der Waals surface area contributed by atoms with Gasteiger partial charge in [0.25, 0.3) is 0 Å². The van der Waals surface area contributed by atoms with Gasteiger partial charge in [-0.1, -0.05) is 15.9 Å². The van der Waals surface area contributed by atoms with Gasteiger partial charge in [-0.2, -0.15) is 5.26 Å². The van der Waals surface area contributed by atoms with E-state index in [1.165, 1.54) is 10.9 Å². The van der Waals surface area contributed by atoms with Gasteiger partial charge in [0.2, 0.25) is 11.7 Å². The van der Waals surface area contributed by atoms with Crippen molar-refractivity contribution < 1.29 is 4.79 Å². The molecule has 1 N–H and O–H groups in total. The molecule has 0 aliphatic heterocycles. The summed E-state index contributed by atoms with van der Waals surface area (Å²) in [4.78, 5) is 11.7. The predicted molar refractivity (Wildman–Crippen MR) is 67.5 cm³/mol. The third-order valence-corrected chi connectivity index (χ3v) is 2.69. The second kappa shape index (κ2) is 5.42. The standard InChI is InChI=1S/C11H8BrN5O/c12-8-1-3-9(4-2-8)15-11(18)6-17-7-14-16-10(17)5-13/h1-4,7H,6H2,(H,15,18). The highest BCUT2D eigenvalue weighted by molar-refractivity contribution is 9.10. The molecule has 1 heterocycles. The molecule has 6 nitrogen and oxygen atoms in total. The van der Waals surface area contributed by atoms with Crippen molar-refractivity contribution in [3.63, 3.8) is 0 Å². The third kappa shape index (κ3) is 2.93. The van der Waals surface area contributed by atoms with Crippen LogP contribution in [-0.4, -0.2) is 20.7 Å². The van der Waals surface area contributed by atoms with Gasteiger partial charge in [-0.25, -0.2) is 0 Å². The van der Waals surface area contributed by atoms with Gasteiger partial charge in [0.05, 0.1) is 0 Å². The summed E-state index contributed by atoms with van der Waals surface area (Å²) < 4.78 is 2.32. The molecule has 0 spiro atoms. The van der Waals surface area contributed by atoms with E-state index in [2.05, 4.69) is 31.4 Å². The molecule has 1 aromatic heterocycles. The number of hydrogen-bond donors (Lipinski definition) is 1. The number of carbonyl (C=O) groups excluding carboxylic acids is 1. The van der Waals surface area contributed by atoms with Crippen molar-refractivity contribution in [1.82, 2.24) is 14.8 Å². The van der Waals surface area contributed by atoms with E-state index >= 15 is 0 Å². The maximum atomic E-state index is 11.7. The van der Waals surface area contributed by atoms with Crippen LogP contribution < -0.4 is 5.32 Å². The summed E-state index contributed by atoms with van der Waals surface area (Å²) in [7, 11) is 0. The van der Waals surface area contributed by atoms with Crippen LogP contribution >= 0.6 is 15.9 Å². The van der Waals surface area contributed by atoms with Crippen LogP contribution in [0.2, 0.25) is 0 Å². The molecule has 1 aromatic carbocycles. The lowest BCUT2D eigenvalue weighted by Gasteiger charge is -2.05. The van der Waals surface area contributed by atoms with Gasteiger partial charge in [-0.3, -0.25) is 9.36 Å². The van der Waals surface area contributed by atoms with Crippen molar-refractivity contribution in [1.29, 1.82) is 5.26 Å². The number of nitrogens with one attached hydrogen (secondary N) is 1. The minimum Gasteiger partial charge on any atom is -0.325 e. The van der Waals surface area contributed by atoms with E-state index < -0.39 is 0 Å². The van der Waals surface area contributed by atoms with Gasteiger partial charge >= 0.3 is 0 Å². The van der Waals surface area contributed by atoms with Crippen LogP contribution in [0.25, 0.3) is 0 Å². The fraction of sp³-hybridized carbons (Fsp3) is 0.0909. The highest BCUT2D eigenvalue weighted by Crippen LogP contribution is 2.14. The molecule has 0 bridgehead atoms. The lowest BCUT2D eigenvalue weighted by Crippen LogP contribution is -2.19. The Kier molecular flexibility index (Phi) is 3.69. The lowest BCUT2D eigenvalue weighted by molar-refractivity contribution is -0.116. The number of nitrogens with zero attached hydrogens (tertiary/aromatic N) is 4. The number of hydrogen-bond acceptors (Lipinski definition) is 4. The first-order chi connectivity index (χ1) is 8.69. The van der Waals surface area contributed by atoms with Crippen LogP contribution in [0.3, 0.4) is 0 Å². The van der Waals surface area contributed by atoms with Crippen molar-refractivity contribution >= 4 is 27.5 Å². The lowest BCUT2D eigenvalue weighted by atomic mass is 10.3. The summed E-state index contributed by atoms with van der Waals surface area (Å²) in [6.45, 7) is 0.00591. The highest BCUT2D eigenvalue weighted by atomic mass is 79.9. The Morgan fingerprint density at radius 1 is 1.44 bits per heavy atom. The average Bonchev–Trinajstić information content (AvgIpc) is 2.79. The van der Waals surface area contributed by atoms with Gasteiger partial charge in [-0.15, -0.1) is 10.2 Å². The molecule has 0 saturated carbocycles. The smallest absolute Gasteiger partial charge is 0.244 e. The molecule has 0 atom stereocenters. The summed E-state index contributed by atoms with van der Waals surface area (Å²) in [6.07, 6.45) is 1.35. The number of aromatic nitrogens is 3. The largest absolute Gasteiger partial charge is 0.325 e. The summed E-state index contributed by atoms with van der Waals surface area (Å²) in [6, 6.07) is 9.07. The molecule has 2 rings (SSSR count). The van der Waals surface area contributed by atoms with Gasteiger partial charge in [-0.05, 0) is 24.3 Å². The molecule has 0 unspecified atom stereocenters. The molecular formula is C11H8BrN5O. The van der Waals surface area contributed by atoms with Gasteiger partial charge in [0, 0.05) is 10.2 Å². The second-order valence-corrected chi connectivity index (χ2v) is 4.36. The quantitative estimate of drug-likeness (QED) is 0.932. The Hall–Kier alpha value is -2.20. The van der Waals surface area contributed by atoms with Crippen LogP contribution in [0, 0.1) is 11.3 Å². The molecular weight excluding hydrogens is 298 g/mol. The topological polar surface area (TPSA) is 83.6 Å². The Bertz CT molecular complexity index is 599. The number of amides is 1. The van der Waals surface area contributed by atoms with Crippen molar-refractivity contribution in [2.45, 2.75) is 6.54 Å². The molecule has 0 radical (unpaired) electrons. The first kappa shape index (κ1) is 12.3. The molecule has 0 aliphatic rings. The van der Waals surface area contributed by atoms with Crippen LogP contribution in [0.15, 0.2) is 35.1 Å². The minimum absolute atomic E-state index is 0.00591. The third-order valence-electron chi connectivity index (χ3n) is 2.16. The Balaban J connectivity index is 2.01. The molecule has 7 heteroatoms. The Morgan fingerprint density at radius 2 is 2.17 bits per heavy atom. The summed E-state index contributed by atoms with van der Waals surface area (Å²) in [5.41, 5.74) is 0.690. The zero-order chi connectivity index (χ0) is 13.0. The summed E-state index contributed by atoms with van der Waals surface area (Å²) >= 11 is 3.31. The van der Waals surface area contributed by atoms with E-state index in [4.69, 9.17) is 5.26 Å². The van der Waals surface area contributed by atoms with E-state index in [-0.39, 0.29) is 18.3 Å². The van der Waals surface area contributed by atoms with Crippen LogP contribution in [0.4, 0.5) is 5.69 Å². The molecule has 1 amide bonds. The normalized spacial score (nSPS) is 9.78. The van der Waals surface area contributed by atoms with Crippen molar-refractivity contribution in [2.75, 3.05) is 5.32 Å². The Labute approximate surface area is 111 Å². The number of carbonyl (C=O) groups is 1. The summed E-state index contributed by atoms with van der Waals surface area (Å²) in [5.74, 6) is -0.130. The fourth-order valence-electron chi connectivity index (χ4n) is 1.35. The van der Waals surface area contributed by atoms with E-state index in [1.807, 2.05) is 18.2 Å². The fourth-order valence-corrected chi connectivity index (χ4v) is 1.61. The van der Waals surface area contributed by atoms with Gasteiger partial charge < -0.3 is 5.32 Å². The number of rotatable bonds is 3. The first-order valence-corrected chi connectivity index (χ1v) is 5.81. The molecule has 0 fully saturated rings. The number of benzene rings is 1. The number of anilines is 1. The minimum atomic E-state index is -0.242. The van der Waals surface area contributed by atoms with E-state index in [1.54, 1.807) is 12.1 Å². The SMILES string of the molecule is N#Cc1nncn1CC(=O)Nc1ccc(Br)cc1. The van der Waals surface area contributed by atoms with Crippen LogP contribution in [-0.2, 0) is 11.3 Å². The summed E-state index contributed by atoms with van der Waals surface area (Å²) in [5, 5.41) is 18.6. The highest BCUT2D eigenvalue weighted by Gasteiger charge is 2.08. The Morgan fingerprint density at radius 3 is 2.83 bits per heavy atom. The molecule has 2 aromatic rings. The second-order valence-electron chi connectivity index (χ2n) is 3.45. The predicted octanol–water partition coefficient (Wildman–Crippen LogP) is 1.55. The monoisotopic (exact) mass is 305 g/mol. The molecule has 90 valence electrons. The van der Waals surface area contributed by atoms with Gasteiger partial charge in [0.15, 0.2) is 0 Å². The molecule has 0 aliphatic carbocycles. The van der Waals surface area contributed by atoms with E-state index in [0.717, 1.165) is 4.47 Å². The maximum absolute atomic E-state index is 11.7. The van der Waals surface area contributed by atoms with Crippen LogP contribution in [0.5, 0.6) is 0 Å². The number of nitriles is 1. The van der Waals surface area contributed by atoms with E-state index in [9.17, 15) is 4.79 Å². The van der Waals surface area contributed by atoms with Crippen LogP contribution in [0.1, 0.15) is 5.82 Å². The van der Waals surface area contributed by atoms with Crippen molar-refractivity contribution in [2.24, 2.45) is 0 Å². The average molecular weight is 306 g/mol. The van der Waals surface area contributed by atoms with E-state index in [0.29, 0.717) is 5.69 Å². The molecule has 0 saturated heterocycles. The first-order valence-electron chi connectivity index (χ1n) is 5.02. The maximum Gasteiger partial charge on any atom is 0.244 e. The molecule has 18 heavy (non-hydrogen) atoms. The zero-order valence-electron chi connectivity index (χ0n) is 9.17. The number of halogens is 1. The van der Waals surface area contributed by atoms with Gasteiger partial charge in [0.1, 0.15) is 18.9 Å². The van der Waals surface area contributed by atoms with Crippen molar-refractivity contribution in [3.05, 3.63) is 40.9 Å². The van der Waals surface area contributed by atoms with Crippen molar-refractivity contribution in [3.8, 4) is 6.07 Å². The zero-order valence-corrected chi connectivity index (χ0v) is 10.8.